The summed E-state index contributed by atoms with van der Waals surface area (Å²) in [5.41, 5.74) is 9.58. The number of aryl methyl sites for hydroxylation is 1. The summed E-state index contributed by atoms with van der Waals surface area (Å²) < 4.78 is 2.04. The van der Waals surface area contributed by atoms with Crippen molar-refractivity contribution in [2.24, 2.45) is 15.9 Å². The molecule has 0 spiro atoms. The molecule has 1 saturated heterocycles. The molecule has 25 heavy (non-hydrogen) atoms. The van der Waals surface area contributed by atoms with Crippen LogP contribution in [-0.4, -0.2) is 29.1 Å². The number of hydrogen-bond acceptors (Lipinski definition) is 5. The van der Waals surface area contributed by atoms with Crippen molar-refractivity contribution in [1.82, 2.24) is 9.73 Å². The van der Waals surface area contributed by atoms with E-state index >= 15 is 0 Å². The monoisotopic (exact) mass is 354 g/mol. The molecule has 2 aromatic carbocycles. The van der Waals surface area contributed by atoms with Crippen LogP contribution in [0.15, 0.2) is 64.8 Å². The number of rotatable bonds is 5. The SMILES string of the molecule is Cc1ccc(N(/C(N)=N/N=C/Cc2ccccc2)N2CNCS2)cc1. The maximum absolute atomic E-state index is 6.23. The number of nitrogens with one attached hydrogen (secondary N) is 1. The average molecular weight is 354 g/mol. The number of anilines is 1. The number of hydrazine groups is 1. The first-order chi connectivity index (χ1) is 12.2. The van der Waals surface area contributed by atoms with Crippen molar-refractivity contribution in [2.45, 2.75) is 13.3 Å². The van der Waals surface area contributed by atoms with Crippen LogP contribution in [0.2, 0.25) is 0 Å². The molecule has 0 amide bonds. The third kappa shape index (κ3) is 4.82. The Balaban J connectivity index is 1.73. The number of guanidine groups is 1. The second-order valence-corrected chi connectivity index (χ2v) is 6.60. The van der Waals surface area contributed by atoms with E-state index < -0.39 is 0 Å². The highest BCUT2D eigenvalue weighted by Gasteiger charge is 2.23. The fraction of sp³-hybridized carbons (Fsp3) is 0.222. The van der Waals surface area contributed by atoms with Crippen molar-refractivity contribution < 1.29 is 0 Å². The first kappa shape index (κ1) is 17.5. The van der Waals surface area contributed by atoms with Gasteiger partial charge in [0.25, 0.3) is 0 Å². The molecule has 0 aromatic heterocycles. The van der Waals surface area contributed by atoms with Crippen LogP contribution < -0.4 is 16.1 Å². The molecule has 130 valence electrons. The first-order valence-electron chi connectivity index (χ1n) is 8.11. The summed E-state index contributed by atoms with van der Waals surface area (Å²) >= 11 is 1.65. The topological polar surface area (TPSA) is 69.2 Å². The molecule has 1 aliphatic rings. The Hall–Kier alpha value is -2.35. The Morgan fingerprint density at radius 3 is 2.68 bits per heavy atom. The molecule has 2 aromatic rings. The van der Waals surface area contributed by atoms with Gasteiger partial charge in [0.05, 0.1) is 18.2 Å². The van der Waals surface area contributed by atoms with Gasteiger partial charge in [0.1, 0.15) is 0 Å². The molecule has 1 fully saturated rings. The smallest absolute Gasteiger partial charge is 0.236 e. The summed E-state index contributed by atoms with van der Waals surface area (Å²) in [5, 5.41) is 13.5. The number of hydrogen-bond donors (Lipinski definition) is 2. The molecule has 1 heterocycles. The molecule has 0 radical (unpaired) electrons. The van der Waals surface area contributed by atoms with Gasteiger partial charge in [0.2, 0.25) is 5.96 Å². The molecule has 0 bridgehead atoms. The maximum Gasteiger partial charge on any atom is 0.236 e. The molecule has 7 heteroatoms. The molecular weight excluding hydrogens is 332 g/mol. The van der Waals surface area contributed by atoms with Crippen molar-refractivity contribution in [2.75, 3.05) is 17.6 Å². The van der Waals surface area contributed by atoms with Gasteiger partial charge in [-0.15, -0.1) is 9.52 Å². The van der Waals surface area contributed by atoms with Crippen molar-refractivity contribution in [3.8, 4) is 0 Å². The average Bonchev–Trinajstić information content (AvgIpc) is 3.16. The van der Waals surface area contributed by atoms with E-state index in [4.69, 9.17) is 5.73 Å². The summed E-state index contributed by atoms with van der Waals surface area (Å²) in [6, 6.07) is 18.3. The molecule has 6 nitrogen and oxygen atoms in total. The van der Waals surface area contributed by atoms with Crippen LogP contribution in [0.25, 0.3) is 0 Å². The quantitative estimate of drug-likeness (QED) is 0.374. The lowest BCUT2D eigenvalue weighted by Crippen LogP contribution is -2.47. The molecule has 0 unspecified atom stereocenters. The minimum atomic E-state index is 0.337. The molecule has 0 aliphatic carbocycles. The summed E-state index contributed by atoms with van der Waals surface area (Å²) in [4.78, 5) is 0. The Kier molecular flexibility index (Phi) is 6.05. The zero-order chi connectivity index (χ0) is 17.5. The van der Waals surface area contributed by atoms with Crippen LogP contribution in [0, 0.1) is 6.92 Å². The van der Waals surface area contributed by atoms with Gasteiger partial charge in [-0.3, -0.25) is 5.32 Å². The van der Waals surface area contributed by atoms with Gasteiger partial charge in [0.15, 0.2) is 0 Å². The Morgan fingerprint density at radius 2 is 2.00 bits per heavy atom. The van der Waals surface area contributed by atoms with E-state index in [-0.39, 0.29) is 0 Å². The van der Waals surface area contributed by atoms with Crippen LogP contribution in [-0.2, 0) is 6.42 Å². The Bertz CT molecular complexity index is 723. The van der Waals surface area contributed by atoms with Crippen LogP contribution in [0.1, 0.15) is 11.1 Å². The molecule has 3 N–H and O–H groups in total. The Labute approximate surface area is 152 Å². The molecule has 1 aliphatic heterocycles. The highest BCUT2D eigenvalue weighted by molar-refractivity contribution is 7.97. The van der Waals surface area contributed by atoms with Gasteiger partial charge in [-0.1, -0.05) is 48.0 Å². The van der Waals surface area contributed by atoms with E-state index in [9.17, 15) is 0 Å². The zero-order valence-electron chi connectivity index (χ0n) is 14.2. The predicted octanol–water partition coefficient (Wildman–Crippen LogP) is 2.73. The molecule has 0 saturated carbocycles. The van der Waals surface area contributed by atoms with Crippen molar-refractivity contribution in [3.63, 3.8) is 0 Å². The lowest BCUT2D eigenvalue weighted by atomic mass is 10.2. The van der Waals surface area contributed by atoms with E-state index in [0.29, 0.717) is 12.6 Å². The second-order valence-electron chi connectivity index (χ2n) is 5.63. The van der Waals surface area contributed by atoms with E-state index in [1.165, 1.54) is 11.1 Å². The lowest BCUT2D eigenvalue weighted by molar-refractivity contribution is 0.488. The molecule has 3 rings (SSSR count). The van der Waals surface area contributed by atoms with E-state index in [1.54, 1.807) is 18.2 Å². The standard InChI is InChI=1S/C18H22N6S/c1-15-7-9-17(10-8-15)24(23-13-20-14-25-23)18(19)22-21-12-11-16-5-3-2-4-6-16/h2-10,12,20H,11,13-14H2,1H3,(H2,19,22)/b21-12+. The molecular formula is C18H22N6S. The minimum Gasteiger partial charge on any atom is -0.367 e. The predicted molar refractivity (Wildman–Crippen MR) is 106 cm³/mol. The third-order valence-corrected chi connectivity index (χ3v) is 4.62. The number of nitrogens with two attached hydrogens (primary N) is 1. The zero-order valence-corrected chi connectivity index (χ0v) is 15.0. The van der Waals surface area contributed by atoms with Crippen molar-refractivity contribution in [1.29, 1.82) is 0 Å². The van der Waals surface area contributed by atoms with Crippen LogP contribution in [0.3, 0.4) is 0 Å². The van der Waals surface area contributed by atoms with Gasteiger partial charge in [-0.05, 0) is 36.6 Å². The summed E-state index contributed by atoms with van der Waals surface area (Å²) in [7, 11) is 0. The number of benzene rings is 2. The fourth-order valence-electron chi connectivity index (χ4n) is 2.40. The fourth-order valence-corrected chi connectivity index (χ4v) is 3.21. The summed E-state index contributed by atoms with van der Waals surface area (Å²) in [6.07, 6.45) is 2.49. The highest BCUT2D eigenvalue weighted by atomic mass is 32.2. The lowest BCUT2D eigenvalue weighted by Gasteiger charge is -2.30. The van der Waals surface area contributed by atoms with Gasteiger partial charge >= 0.3 is 0 Å². The van der Waals surface area contributed by atoms with Crippen molar-refractivity contribution >= 4 is 29.8 Å². The Morgan fingerprint density at radius 1 is 1.24 bits per heavy atom. The maximum atomic E-state index is 6.23. The molecule has 0 atom stereocenters. The van der Waals surface area contributed by atoms with Gasteiger partial charge in [-0.25, -0.2) is 5.01 Å². The summed E-state index contributed by atoms with van der Waals surface area (Å²) in [5.74, 6) is 1.18. The van der Waals surface area contributed by atoms with Crippen LogP contribution >= 0.6 is 11.9 Å². The van der Waals surface area contributed by atoms with Gasteiger partial charge < -0.3 is 5.73 Å². The highest BCUT2D eigenvalue weighted by Crippen LogP contribution is 2.24. The van der Waals surface area contributed by atoms with Gasteiger partial charge in [-0.2, -0.15) is 5.10 Å². The minimum absolute atomic E-state index is 0.337. The third-order valence-electron chi connectivity index (χ3n) is 3.69. The van der Waals surface area contributed by atoms with Gasteiger partial charge in [0, 0.05) is 12.6 Å². The van der Waals surface area contributed by atoms with Crippen LogP contribution in [0.5, 0.6) is 0 Å². The summed E-state index contributed by atoms with van der Waals surface area (Å²) in [6.45, 7) is 2.76. The normalized spacial score (nSPS) is 15.8. The van der Waals surface area contributed by atoms with E-state index in [0.717, 1.165) is 18.0 Å². The first-order valence-corrected chi connectivity index (χ1v) is 9.05. The van der Waals surface area contributed by atoms with E-state index in [1.807, 2.05) is 39.8 Å². The van der Waals surface area contributed by atoms with Crippen LogP contribution in [0.4, 0.5) is 5.69 Å². The second kappa shape index (κ2) is 8.66. The van der Waals surface area contributed by atoms with Crippen molar-refractivity contribution in [3.05, 3.63) is 65.7 Å². The van der Waals surface area contributed by atoms with E-state index in [2.05, 4.69) is 46.7 Å². The largest absolute Gasteiger partial charge is 0.367 e. The number of nitrogens with zero attached hydrogens (tertiary/aromatic N) is 4.